The van der Waals surface area contributed by atoms with E-state index < -0.39 is 3.68 Å². The van der Waals surface area contributed by atoms with Crippen molar-refractivity contribution in [3.05, 3.63) is 71.3 Å². The lowest BCUT2D eigenvalue weighted by Crippen LogP contribution is -2.15. The van der Waals surface area contributed by atoms with Gasteiger partial charge in [0.1, 0.15) is 0 Å². The molecule has 1 unspecified atom stereocenters. The largest absolute Gasteiger partial charge is 0.337 e. The molecule has 0 fully saturated rings. The van der Waals surface area contributed by atoms with E-state index in [1.165, 1.54) is 11.1 Å². The summed E-state index contributed by atoms with van der Waals surface area (Å²) >= 11 is 1.86. The SMILES string of the molecule is C=C1c2ccccc2CN1c1ccc(C)c(CC(C)(F)I)c1. The third-order valence-corrected chi connectivity index (χ3v) is 4.51. The van der Waals surface area contributed by atoms with Crippen molar-refractivity contribution in [1.82, 2.24) is 0 Å². The smallest absolute Gasteiger partial charge is 0.162 e. The van der Waals surface area contributed by atoms with Crippen LogP contribution in [-0.4, -0.2) is 3.68 Å². The summed E-state index contributed by atoms with van der Waals surface area (Å²) in [7, 11) is 0. The summed E-state index contributed by atoms with van der Waals surface area (Å²) in [5.74, 6) is 0. The lowest BCUT2D eigenvalue weighted by atomic mass is 10.0. The van der Waals surface area contributed by atoms with Gasteiger partial charge in [-0.05, 0) is 65.3 Å². The second-order valence-electron chi connectivity index (χ2n) is 6.05. The van der Waals surface area contributed by atoms with E-state index >= 15 is 0 Å². The molecule has 114 valence electrons. The van der Waals surface area contributed by atoms with E-state index in [1.807, 2.05) is 35.6 Å². The van der Waals surface area contributed by atoms with Crippen LogP contribution in [0.4, 0.5) is 10.1 Å². The fourth-order valence-corrected chi connectivity index (χ4v) is 3.36. The van der Waals surface area contributed by atoms with Crippen LogP contribution >= 0.6 is 22.6 Å². The van der Waals surface area contributed by atoms with Crippen molar-refractivity contribution in [3.63, 3.8) is 0 Å². The molecule has 0 radical (unpaired) electrons. The van der Waals surface area contributed by atoms with Gasteiger partial charge in [-0.2, -0.15) is 0 Å². The van der Waals surface area contributed by atoms with E-state index in [-0.39, 0.29) is 0 Å². The zero-order chi connectivity index (χ0) is 15.9. The van der Waals surface area contributed by atoms with Crippen LogP contribution in [0.15, 0.2) is 49.0 Å². The maximum atomic E-state index is 14.0. The van der Waals surface area contributed by atoms with Gasteiger partial charge in [0.05, 0.1) is 0 Å². The molecule has 0 saturated heterocycles. The number of aryl methyl sites for hydroxylation is 1. The highest BCUT2D eigenvalue weighted by Crippen LogP contribution is 2.37. The predicted molar refractivity (Wildman–Crippen MR) is 100 cm³/mol. The number of hydrogen-bond donors (Lipinski definition) is 0. The van der Waals surface area contributed by atoms with Gasteiger partial charge in [0.25, 0.3) is 0 Å². The Kier molecular flexibility index (Phi) is 4.02. The minimum atomic E-state index is -1.23. The topological polar surface area (TPSA) is 3.24 Å². The van der Waals surface area contributed by atoms with Gasteiger partial charge in [0.2, 0.25) is 0 Å². The number of halogens is 2. The first-order chi connectivity index (χ1) is 10.3. The number of fused-ring (bicyclic) bond motifs is 1. The van der Waals surface area contributed by atoms with Gasteiger partial charge in [-0.25, -0.2) is 4.39 Å². The number of anilines is 1. The standard InChI is InChI=1S/C19H19FIN/c1-13-8-9-17(10-16(13)11-19(3,20)21)22-12-15-6-4-5-7-18(15)14(22)2/h4-10H,2,11-12H2,1,3H3. The molecule has 0 bridgehead atoms. The number of rotatable bonds is 3. The molecule has 0 amide bonds. The second kappa shape index (κ2) is 5.69. The number of nitrogens with zero attached hydrogens (tertiary/aromatic N) is 1. The van der Waals surface area contributed by atoms with Gasteiger partial charge in [-0.1, -0.05) is 36.9 Å². The molecule has 0 saturated carbocycles. The van der Waals surface area contributed by atoms with Crippen molar-refractivity contribution in [2.45, 2.75) is 30.5 Å². The molecule has 3 rings (SSSR count). The molecule has 1 atom stereocenters. The fraction of sp³-hybridized carbons (Fsp3) is 0.263. The maximum Gasteiger partial charge on any atom is 0.162 e. The van der Waals surface area contributed by atoms with Crippen LogP contribution in [-0.2, 0) is 13.0 Å². The molecule has 2 aromatic carbocycles. The average Bonchev–Trinajstić information content (AvgIpc) is 2.78. The molecule has 22 heavy (non-hydrogen) atoms. The Morgan fingerprint density at radius 1 is 1.27 bits per heavy atom. The Bertz CT molecular complexity index is 730. The van der Waals surface area contributed by atoms with Crippen LogP contribution < -0.4 is 4.90 Å². The third kappa shape index (κ3) is 3.05. The highest BCUT2D eigenvalue weighted by molar-refractivity contribution is 14.1. The van der Waals surface area contributed by atoms with Crippen LogP contribution in [0.5, 0.6) is 0 Å². The van der Waals surface area contributed by atoms with E-state index in [1.54, 1.807) is 6.92 Å². The minimum Gasteiger partial charge on any atom is -0.337 e. The monoisotopic (exact) mass is 407 g/mol. The summed E-state index contributed by atoms with van der Waals surface area (Å²) in [6.45, 7) is 8.71. The van der Waals surface area contributed by atoms with Gasteiger partial charge in [0.15, 0.2) is 3.68 Å². The molecule has 0 N–H and O–H groups in total. The molecular formula is C19H19FIN. The highest BCUT2D eigenvalue weighted by Gasteiger charge is 2.25. The molecule has 0 spiro atoms. The van der Waals surface area contributed by atoms with Crippen LogP contribution in [0.1, 0.15) is 29.2 Å². The van der Waals surface area contributed by atoms with Gasteiger partial charge >= 0.3 is 0 Å². The quantitative estimate of drug-likeness (QED) is 0.470. The Morgan fingerprint density at radius 2 is 2.00 bits per heavy atom. The van der Waals surface area contributed by atoms with Crippen molar-refractivity contribution in [2.24, 2.45) is 0 Å². The Labute approximate surface area is 145 Å². The van der Waals surface area contributed by atoms with Crippen molar-refractivity contribution in [3.8, 4) is 0 Å². The predicted octanol–water partition coefficient (Wildman–Crippen LogP) is 5.65. The third-order valence-electron chi connectivity index (χ3n) is 4.13. The number of benzene rings is 2. The lowest BCUT2D eigenvalue weighted by molar-refractivity contribution is 0.338. The van der Waals surface area contributed by atoms with Crippen LogP contribution in [0.25, 0.3) is 5.70 Å². The molecule has 0 aliphatic carbocycles. The minimum absolute atomic E-state index is 0.417. The second-order valence-corrected chi connectivity index (χ2v) is 8.30. The first-order valence-corrected chi connectivity index (χ1v) is 8.45. The first-order valence-electron chi connectivity index (χ1n) is 7.37. The molecule has 3 heteroatoms. The molecule has 1 aliphatic rings. The number of alkyl halides is 2. The Balaban J connectivity index is 1.94. The first kappa shape index (κ1) is 15.5. The summed E-state index contributed by atoms with van der Waals surface area (Å²) in [6.07, 6.45) is 0.417. The van der Waals surface area contributed by atoms with Crippen LogP contribution in [0.3, 0.4) is 0 Å². The van der Waals surface area contributed by atoms with Crippen LogP contribution in [0.2, 0.25) is 0 Å². The Hall–Kier alpha value is -1.36. The fourth-order valence-electron chi connectivity index (χ4n) is 2.95. The summed E-state index contributed by atoms with van der Waals surface area (Å²) < 4.78 is 12.8. The summed E-state index contributed by atoms with van der Waals surface area (Å²) in [5.41, 5.74) is 6.78. The van der Waals surface area contributed by atoms with Gasteiger partial charge in [-0.15, -0.1) is 0 Å². The molecule has 1 nitrogen and oxygen atoms in total. The summed E-state index contributed by atoms with van der Waals surface area (Å²) in [6, 6.07) is 14.6. The molecular weight excluding hydrogens is 388 g/mol. The molecule has 1 heterocycles. The van der Waals surface area contributed by atoms with Crippen molar-refractivity contribution >= 4 is 34.0 Å². The van der Waals surface area contributed by atoms with Gasteiger partial charge in [-0.3, -0.25) is 0 Å². The highest BCUT2D eigenvalue weighted by atomic mass is 127. The van der Waals surface area contributed by atoms with Crippen molar-refractivity contribution < 1.29 is 4.39 Å². The van der Waals surface area contributed by atoms with E-state index in [2.05, 4.69) is 47.9 Å². The van der Waals surface area contributed by atoms with Crippen molar-refractivity contribution in [2.75, 3.05) is 4.90 Å². The zero-order valence-corrected chi connectivity index (χ0v) is 15.0. The van der Waals surface area contributed by atoms with E-state index in [0.717, 1.165) is 29.1 Å². The molecule has 2 aromatic rings. The Morgan fingerprint density at radius 3 is 2.68 bits per heavy atom. The van der Waals surface area contributed by atoms with Crippen LogP contribution in [0, 0.1) is 6.92 Å². The molecule has 1 aliphatic heterocycles. The van der Waals surface area contributed by atoms with Crippen molar-refractivity contribution in [1.29, 1.82) is 0 Å². The zero-order valence-electron chi connectivity index (χ0n) is 12.9. The molecule has 0 aromatic heterocycles. The van der Waals surface area contributed by atoms with E-state index in [0.29, 0.717) is 6.42 Å². The maximum absolute atomic E-state index is 14.0. The van der Waals surface area contributed by atoms with Gasteiger partial charge in [0, 0.05) is 29.9 Å². The lowest BCUT2D eigenvalue weighted by Gasteiger charge is -2.22. The van der Waals surface area contributed by atoms with E-state index in [4.69, 9.17) is 0 Å². The normalized spacial score (nSPS) is 16.5. The van der Waals surface area contributed by atoms with Gasteiger partial charge < -0.3 is 4.90 Å². The summed E-state index contributed by atoms with van der Waals surface area (Å²) in [4.78, 5) is 2.20. The number of hydrogen-bond acceptors (Lipinski definition) is 1. The average molecular weight is 407 g/mol. The van der Waals surface area contributed by atoms with E-state index in [9.17, 15) is 4.39 Å². The summed E-state index contributed by atoms with van der Waals surface area (Å²) in [5, 5.41) is 0.